The molecular weight excluding hydrogens is 575 g/mol. The van der Waals surface area contributed by atoms with Gasteiger partial charge in [-0.1, -0.05) is 12.1 Å². The Labute approximate surface area is 250 Å². The number of carbonyl (C=O) groups excluding carboxylic acids is 1. The Morgan fingerprint density at radius 1 is 1.12 bits per heavy atom. The molecule has 1 aromatic heterocycles. The Kier molecular flexibility index (Phi) is 7.92. The van der Waals surface area contributed by atoms with Gasteiger partial charge >= 0.3 is 0 Å². The number of nitriles is 1. The molecule has 2 saturated carbocycles. The fourth-order valence-corrected chi connectivity index (χ4v) is 8.96. The second kappa shape index (κ2) is 11.5. The van der Waals surface area contributed by atoms with Gasteiger partial charge in [0.15, 0.2) is 0 Å². The highest BCUT2D eigenvalue weighted by molar-refractivity contribution is 7.93. The summed E-state index contributed by atoms with van der Waals surface area (Å²) in [5.41, 5.74) is 2.97. The number of rotatable bonds is 7. The van der Waals surface area contributed by atoms with Gasteiger partial charge in [0.1, 0.15) is 22.8 Å². The molecule has 0 unspecified atom stereocenters. The molecule has 0 bridgehead atoms. The Hall–Kier alpha value is -3.16. The highest BCUT2D eigenvalue weighted by Gasteiger charge is 2.48. The summed E-state index contributed by atoms with van der Waals surface area (Å²) in [5, 5.41) is 10.3. The fraction of sp³-hybridized carbons (Fsp3) is 0.469. The van der Waals surface area contributed by atoms with Crippen LogP contribution in [0.1, 0.15) is 50.1 Å². The second-order valence-electron chi connectivity index (χ2n) is 11.8. The van der Waals surface area contributed by atoms with Crippen molar-refractivity contribution in [3.63, 3.8) is 0 Å². The molecule has 3 aliphatic rings. The van der Waals surface area contributed by atoms with Crippen LogP contribution in [0.4, 0.5) is 14.5 Å². The van der Waals surface area contributed by atoms with E-state index < -0.39 is 27.2 Å². The van der Waals surface area contributed by atoms with Crippen molar-refractivity contribution in [2.75, 3.05) is 36.5 Å². The molecule has 10 heteroatoms. The van der Waals surface area contributed by atoms with Crippen LogP contribution >= 0.6 is 11.3 Å². The van der Waals surface area contributed by atoms with E-state index in [0.29, 0.717) is 37.4 Å². The van der Waals surface area contributed by atoms with Gasteiger partial charge in [-0.3, -0.25) is 4.79 Å². The summed E-state index contributed by atoms with van der Waals surface area (Å²) in [7, 11) is -0.479. The Balaban J connectivity index is 1.35. The van der Waals surface area contributed by atoms with E-state index in [-0.39, 0.29) is 30.4 Å². The summed E-state index contributed by atoms with van der Waals surface area (Å²) < 4.78 is 45.2. The maximum absolute atomic E-state index is 14.7. The lowest BCUT2D eigenvalue weighted by Gasteiger charge is -2.32. The number of Topliss-reactive ketones (excluding diaryl/α,β-unsaturated/α-hetero) is 1. The van der Waals surface area contributed by atoms with Crippen molar-refractivity contribution in [3.8, 4) is 27.1 Å². The van der Waals surface area contributed by atoms with E-state index in [0.717, 1.165) is 45.2 Å². The van der Waals surface area contributed by atoms with Gasteiger partial charge in [-0.05, 0) is 74.1 Å². The van der Waals surface area contributed by atoms with E-state index in [1.165, 1.54) is 23.5 Å². The highest BCUT2D eigenvalue weighted by Crippen LogP contribution is 2.52. The normalized spacial score (nSPS) is 24.5. The number of nitrogens with zero attached hydrogens (tertiary/aromatic N) is 4. The van der Waals surface area contributed by atoms with Crippen molar-refractivity contribution < 1.29 is 17.8 Å². The molecule has 2 aliphatic carbocycles. The molecule has 0 spiro atoms. The standard InChI is InChI=1S/C32H34F2N4O2S2/c1-36-42(40)16-14-38(15-17-42)25-9-4-21(5-10-25)30-29(37-31(41-30)22-2-6-23(33)7-3-22)26-11-8-24(34)18-27(26)28(39)19-32(20-35)12-13-32/h2-7,9-10,24,26-27H,8,11-19H2,1H3/t24-,26+,27+/m0/s1. The first kappa shape index (κ1) is 28.9. The average Bonchev–Trinajstić information content (AvgIpc) is 3.65. The van der Waals surface area contributed by atoms with Crippen LogP contribution < -0.4 is 4.90 Å². The zero-order valence-electron chi connectivity index (χ0n) is 23.6. The summed E-state index contributed by atoms with van der Waals surface area (Å²) in [4.78, 5) is 21.8. The highest BCUT2D eigenvalue weighted by atomic mass is 32.2. The number of alkyl halides is 1. The molecular formula is C32H34F2N4O2S2. The van der Waals surface area contributed by atoms with Crippen molar-refractivity contribution in [1.29, 1.82) is 5.26 Å². The van der Waals surface area contributed by atoms with Crippen LogP contribution in [0.25, 0.3) is 21.0 Å². The van der Waals surface area contributed by atoms with Crippen molar-refractivity contribution in [1.82, 2.24) is 4.98 Å². The molecule has 42 heavy (non-hydrogen) atoms. The molecule has 3 fully saturated rings. The first-order chi connectivity index (χ1) is 20.2. The summed E-state index contributed by atoms with van der Waals surface area (Å²) in [6, 6.07) is 16.7. The van der Waals surface area contributed by atoms with Gasteiger partial charge < -0.3 is 4.90 Å². The van der Waals surface area contributed by atoms with E-state index in [1.54, 1.807) is 19.2 Å². The van der Waals surface area contributed by atoms with Gasteiger partial charge in [-0.25, -0.2) is 22.3 Å². The number of hydrogen-bond donors (Lipinski definition) is 0. The van der Waals surface area contributed by atoms with Gasteiger partial charge in [-0.15, -0.1) is 11.3 Å². The molecule has 6 rings (SSSR count). The predicted molar refractivity (Wildman–Crippen MR) is 163 cm³/mol. The number of anilines is 1. The molecule has 3 aromatic rings. The minimum Gasteiger partial charge on any atom is -0.370 e. The molecule has 2 aromatic carbocycles. The third kappa shape index (κ3) is 5.86. The third-order valence-corrected chi connectivity index (χ3v) is 12.6. The van der Waals surface area contributed by atoms with E-state index >= 15 is 0 Å². The first-order valence-electron chi connectivity index (χ1n) is 14.5. The van der Waals surface area contributed by atoms with E-state index in [2.05, 4.69) is 27.5 Å². The van der Waals surface area contributed by atoms with E-state index in [9.17, 15) is 23.0 Å². The number of benzene rings is 2. The van der Waals surface area contributed by atoms with E-state index in [1.807, 2.05) is 12.1 Å². The lowest BCUT2D eigenvalue weighted by molar-refractivity contribution is -0.126. The summed E-state index contributed by atoms with van der Waals surface area (Å²) in [6.07, 6.45) is 1.57. The van der Waals surface area contributed by atoms with Gasteiger partial charge in [0.2, 0.25) is 0 Å². The number of hydrogen-bond acceptors (Lipinski definition) is 7. The van der Waals surface area contributed by atoms with Crippen LogP contribution in [0.5, 0.6) is 0 Å². The number of thiazole rings is 1. The van der Waals surface area contributed by atoms with Crippen molar-refractivity contribution in [2.45, 2.75) is 50.6 Å². The minimum absolute atomic E-state index is 0.0421. The maximum Gasteiger partial charge on any atom is 0.138 e. The lowest BCUT2D eigenvalue weighted by atomic mass is 9.72. The van der Waals surface area contributed by atoms with Gasteiger partial charge in [0, 0.05) is 70.9 Å². The summed E-state index contributed by atoms with van der Waals surface area (Å²) >= 11 is 1.50. The van der Waals surface area contributed by atoms with Crippen LogP contribution in [0.2, 0.25) is 0 Å². The van der Waals surface area contributed by atoms with Crippen LogP contribution in [0.15, 0.2) is 52.9 Å². The Morgan fingerprint density at radius 2 is 1.79 bits per heavy atom. The Bertz CT molecular complexity index is 1620. The van der Waals surface area contributed by atoms with Crippen molar-refractivity contribution in [3.05, 3.63) is 60.0 Å². The molecule has 1 aliphatic heterocycles. The summed E-state index contributed by atoms with van der Waals surface area (Å²) in [6.45, 7) is 1.35. The molecule has 0 radical (unpaired) electrons. The quantitative estimate of drug-likeness (QED) is 0.288. The molecule has 1 saturated heterocycles. The van der Waals surface area contributed by atoms with Crippen LogP contribution in [0, 0.1) is 28.5 Å². The van der Waals surface area contributed by atoms with Crippen LogP contribution in [-0.2, 0) is 14.5 Å². The number of carbonyl (C=O) groups is 1. The van der Waals surface area contributed by atoms with Crippen molar-refractivity contribution in [2.24, 2.45) is 15.7 Å². The van der Waals surface area contributed by atoms with E-state index in [4.69, 9.17) is 4.98 Å². The molecule has 0 N–H and O–H groups in total. The number of halogens is 2. The van der Waals surface area contributed by atoms with Gasteiger partial charge in [0.25, 0.3) is 0 Å². The van der Waals surface area contributed by atoms with Crippen molar-refractivity contribution >= 4 is 32.5 Å². The zero-order chi connectivity index (χ0) is 29.5. The maximum atomic E-state index is 14.7. The molecule has 220 valence electrons. The predicted octanol–water partition coefficient (Wildman–Crippen LogP) is 7.02. The SMILES string of the molecule is CN=S1(=O)CCN(c2ccc(-c3sc(-c4ccc(F)cc4)nc3[C@@H]3CC[C@H](F)C[C@H]3C(=O)CC3(C#N)CC3)cc2)CC1. The zero-order valence-corrected chi connectivity index (χ0v) is 25.2. The van der Waals surface area contributed by atoms with Gasteiger partial charge in [-0.2, -0.15) is 5.26 Å². The summed E-state index contributed by atoms with van der Waals surface area (Å²) in [5.74, 6) is -0.0682. The monoisotopic (exact) mass is 608 g/mol. The van der Waals surface area contributed by atoms with Crippen LogP contribution in [0.3, 0.4) is 0 Å². The Morgan fingerprint density at radius 3 is 2.40 bits per heavy atom. The molecule has 0 amide bonds. The molecule has 2 heterocycles. The third-order valence-electron chi connectivity index (χ3n) is 9.09. The molecule has 3 atom stereocenters. The average molecular weight is 609 g/mol. The molecule has 6 nitrogen and oxygen atoms in total. The number of aromatic nitrogens is 1. The first-order valence-corrected chi connectivity index (χ1v) is 17.2. The largest absolute Gasteiger partial charge is 0.370 e. The number of ketones is 1. The minimum atomic E-state index is -2.11. The topological polar surface area (TPSA) is 86.4 Å². The second-order valence-corrected chi connectivity index (χ2v) is 15.5. The fourth-order valence-electron chi connectivity index (χ4n) is 6.24. The lowest BCUT2D eigenvalue weighted by Crippen LogP contribution is -2.40. The van der Waals surface area contributed by atoms with Crippen LogP contribution in [-0.4, -0.2) is 52.8 Å². The van der Waals surface area contributed by atoms with Gasteiger partial charge in [0.05, 0.1) is 22.1 Å². The smallest absolute Gasteiger partial charge is 0.138 e.